The molecule has 4 aliphatic rings. The van der Waals surface area contributed by atoms with E-state index in [2.05, 4.69) is 240 Å². The minimum atomic E-state index is -2.73. The van der Waals surface area contributed by atoms with E-state index >= 15 is 0 Å². The molecule has 0 N–H and O–H groups in total. The van der Waals surface area contributed by atoms with Crippen molar-refractivity contribution in [2.45, 2.75) is 5.41 Å². The van der Waals surface area contributed by atoms with Gasteiger partial charge in [0.05, 0.1) is 27.8 Å². The van der Waals surface area contributed by atoms with Crippen LogP contribution in [0.15, 0.2) is 231 Å². The second-order valence-electron chi connectivity index (χ2n) is 17.9. The number of hydrogen-bond donors (Lipinski definition) is 0. The fraction of sp³-hybridized carbons (Fsp3) is 0.0164. The van der Waals surface area contributed by atoms with Crippen molar-refractivity contribution in [3.8, 4) is 39.4 Å². The van der Waals surface area contributed by atoms with Crippen molar-refractivity contribution in [1.29, 1.82) is 0 Å². The molecule has 0 unspecified atom stereocenters. The molecule has 302 valence electrons. The Labute approximate surface area is 377 Å². The van der Waals surface area contributed by atoms with E-state index in [1.165, 1.54) is 75.9 Å². The smallest absolute Gasteiger partial charge is 0.182 e. The average molecular weight is 843 g/mol. The summed E-state index contributed by atoms with van der Waals surface area (Å²) >= 11 is 0. The van der Waals surface area contributed by atoms with Gasteiger partial charge in [0, 0.05) is 33.3 Å². The quantitative estimate of drug-likeness (QED) is 0.161. The van der Waals surface area contributed by atoms with Crippen LogP contribution in [0.25, 0.3) is 49.7 Å². The van der Waals surface area contributed by atoms with Crippen LogP contribution in [0.2, 0.25) is 0 Å². The molecule has 15 rings (SSSR count). The third kappa shape index (κ3) is 4.30. The van der Waals surface area contributed by atoms with E-state index in [0.717, 1.165) is 45.4 Å². The Bertz CT molecular complexity index is 3740. The maximum Gasteiger partial charge on any atom is 0.182 e. The summed E-state index contributed by atoms with van der Waals surface area (Å²) in [5, 5.41) is 8.34. The first-order valence-corrected chi connectivity index (χ1v) is 24.6. The summed E-state index contributed by atoms with van der Waals surface area (Å²) < 4.78 is 9.30. The SMILES string of the molecule is c1ccc(-n2c3ccccc3c3cc4c(cc32)N(c2ccc3c(c2)[Si]2(c5ccccc5-c5ccccc52)c2ccccc2-3)c2ccccc2C42c3ccccc3Oc3ccccc32)cc1. The molecule has 4 aliphatic heterocycles. The Kier molecular flexibility index (Phi) is 6.91. The molecule has 0 atom stereocenters. The highest BCUT2D eigenvalue weighted by atomic mass is 28.3. The molecule has 1 aromatic heterocycles. The van der Waals surface area contributed by atoms with Gasteiger partial charge in [-0.05, 0) is 115 Å². The maximum atomic E-state index is 6.85. The predicted molar refractivity (Wildman–Crippen MR) is 269 cm³/mol. The lowest BCUT2D eigenvalue weighted by Crippen LogP contribution is -2.70. The number of fused-ring (bicyclic) bond motifs is 21. The minimum Gasteiger partial charge on any atom is -0.457 e. The van der Waals surface area contributed by atoms with E-state index in [9.17, 15) is 0 Å². The lowest BCUT2D eigenvalue weighted by Gasteiger charge is -2.48. The summed E-state index contributed by atoms with van der Waals surface area (Å²) in [5.41, 5.74) is 16.5. The molecule has 65 heavy (non-hydrogen) atoms. The van der Waals surface area contributed by atoms with Crippen molar-refractivity contribution in [2.75, 3.05) is 4.90 Å². The Morgan fingerprint density at radius 1 is 0.338 bits per heavy atom. The van der Waals surface area contributed by atoms with Crippen molar-refractivity contribution in [1.82, 2.24) is 4.57 Å². The van der Waals surface area contributed by atoms with E-state index < -0.39 is 13.5 Å². The Hall–Kier alpha value is -8.18. The van der Waals surface area contributed by atoms with E-state index in [0.29, 0.717) is 0 Å². The monoisotopic (exact) mass is 842 g/mol. The van der Waals surface area contributed by atoms with Gasteiger partial charge in [-0.1, -0.05) is 170 Å². The first-order valence-electron chi connectivity index (χ1n) is 22.6. The molecule has 3 nitrogen and oxygen atoms in total. The molecule has 0 saturated carbocycles. The van der Waals surface area contributed by atoms with Gasteiger partial charge in [0.2, 0.25) is 0 Å². The summed E-state index contributed by atoms with van der Waals surface area (Å²) in [4.78, 5) is 2.58. The van der Waals surface area contributed by atoms with Gasteiger partial charge in [0.15, 0.2) is 8.07 Å². The number of nitrogens with zero attached hydrogens (tertiary/aromatic N) is 2. The maximum absolute atomic E-state index is 6.85. The molecule has 0 bridgehead atoms. The molecule has 0 fully saturated rings. The van der Waals surface area contributed by atoms with Gasteiger partial charge in [-0.25, -0.2) is 0 Å². The van der Waals surface area contributed by atoms with Crippen LogP contribution in [-0.4, -0.2) is 12.6 Å². The lowest BCUT2D eigenvalue weighted by molar-refractivity contribution is 0.434. The molecule has 0 aliphatic carbocycles. The third-order valence-corrected chi connectivity index (χ3v) is 20.0. The number of aromatic nitrogens is 1. The number of ether oxygens (including phenoxy) is 1. The standard InChI is InChI=1S/C61H38N2OSi/c1-2-18-39(19-3-1)62-51-27-11-4-20-41(51)46-37-50-54(38-53(46)62)63(52-28-12-8-24-47(52)61(50)48-25-9-13-29-55(48)64-56-30-14-10-26-49(56)61)40-34-35-45-44-23-7-17-33-59(44)65(60(45)36-40)57-31-15-5-21-42(57)43-22-6-16-32-58(43)65/h1-38H. The van der Waals surface area contributed by atoms with Crippen LogP contribution in [-0.2, 0) is 5.41 Å². The number of hydrogen-bond acceptors (Lipinski definition) is 2. The Morgan fingerprint density at radius 3 is 1.55 bits per heavy atom. The zero-order valence-corrected chi connectivity index (χ0v) is 36.2. The number of para-hydroxylation sites is 5. The van der Waals surface area contributed by atoms with Crippen molar-refractivity contribution >= 4 is 67.7 Å². The fourth-order valence-electron chi connectivity index (χ4n) is 12.7. The van der Waals surface area contributed by atoms with Gasteiger partial charge in [0.1, 0.15) is 11.5 Å². The van der Waals surface area contributed by atoms with Crippen LogP contribution in [0.3, 0.4) is 0 Å². The van der Waals surface area contributed by atoms with Gasteiger partial charge in [0.25, 0.3) is 0 Å². The fourth-order valence-corrected chi connectivity index (χ4v) is 18.3. The molecule has 4 heteroatoms. The van der Waals surface area contributed by atoms with Crippen LogP contribution in [0, 0.1) is 0 Å². The predicted octanol–water partition coefficient (Wildman–Crippen LogP) is 12.4. The van der Waals surface area contributed by atoms with Crippen molar-refractivity contribution in [3.05, 3.63) is 253 Å². The van der Waals surface area contributed by atoms with Gasteiger partial charge in [-0.2, -0.15) is 0 Å². The van der Waals surface area contributed by atoms with Crippen LogP contribution >= 0.6 is 0 Å². The van der Waals surface area contributed by atoms with Gasteiger partial charge >= 0.3 is 0 Å². The molecule has 0 radical (unpaired) electrons. The van der Waals surface area contributed by atoms with E-state index in [-0.39, 0.29) is 0 Å². The highest BCUT2D eigenvalue weighted by Crippen LogP contribution is 2.63. The van der Waals surface area contributed by atoms with Crippen LogP contribution in [0.1, 0.15) is 22.3 Å². The van der Waals surface area contributed by atoms with Gasteiger partial charge in [-0.3, -0.25) is 0 Å². The summed E-state index contributed by atoms with van der Waals surface area (Å²) in [6, 6.07) is 86.4. The van der Waals surface area contributed by atoms with Gasteiger partial charge < -0.3 is 14.2 Å². The highest BCUT2D eigenvalue weighted by Gasteiger charge is 2.55. The molecular weight excluding hydrogens is 805 g/mol. The van der Waals surface area contributed by atoms with E-state index in [4.69, 9.17) is 4.74 Å². The van der Waals surface area contributed by atoms with Crippen molar-refractivity contribution in [3.63, 3.8) is 0 Å². The topological polar surface area (TPSA) is 17.4 Å². The zero-order valence-electron chi connectivity index (χ0n) is 35.2. The zero-order chi connectivity index (χ0) is 42.4. The summed E-state index contributed by atoms with van der Waals surface area (Å²) in [5.74, 6) is 1.77. The second kappa shape index (κ2) is 12.7. The number of anilines is 3. The molecule has 10 aromatic carbocycles. The van der Waals surface area contributed by atoms with E-state index in [1.807, 2.05) is 0 Å². The molecular formula is C61H38N2OSi. The molecule has 5 heterocycles. The summed E-state index contributed by atoms with van der Waals surface area (Å²) in [6.45, 7) is 0. The number of rotatable bonds is 2. The van der Waals surface area contributed by atoms with E-state index in [1.54, 1.807) is 0 Å². The largest absolute Gasteiger partial charge is 0.457 e. The van der Waals surface area contributed by atoms with Gasteiger partial charge in [-0.15, -0.1) is 0 Å². The van der Waals surface area contributed by atoms with Crippen LogP contribution < -0.4 is 30.4 Å². The first kappa shape index (κ1) is 35.3. The second-order valence-corrected chi connectivity index (χ2v) is 21.5. The Balaban J connectivity index is 1.09. The summed E-state index contributed by atoms with van der Waals surface area (Å²) in [6.07, 6.45) is 0. The lowest BCUT2D eigenvalue weighted by atomic mass is 9.61. The molecule has 2 spiro atoms. The van der Waals surface area contributed by atoms with Crippen molar-refractivity contribution < 1.29 is 4.74 Å². The average Bonchev–Trinajstić information content (AvgIpc) is 3.97. The first-order chi connectivity index (χ1) is 32.3. The molecule has 11 aromatic rings. The number of benzene rings is 10. The molecule has 0 amide bonds. The normalized spacial score (nSPS) is 14.8. The van der Waals surface area contributed by atoms with Crippen LogP contribution in [0.4, 0.5) is 17.1 Å². The van der Waals surface area contributed by atoms with Crippen LogP contribution in [0.5, 0.6) is 11.5 Å². The minimum absolute atomic E-state index is 0.690. The third-order valence-electron chi connectivity index (χ3n) is 15.0. The highest BCUT2D eigenvalue weighted by molar-refractivity contribution is 7.24. The Morgan fingerprint density at radius 2 is 0.877 bits per heavy atom. The molecule has 0 saturated heterocycles. The summed E-state index contributed by atoms with van der Waals surface area (Å²) in [7, 11) is -2.73. The van der Waals surface area contributed by atoms with Crippen molar-refractivity contribution in [2.24, 2.45) is 0 Å².